The van der Waals surface area contributed by atoms with Crippen molar-refractivity contribution < 1.29 is 9.44 Å². The molecule has 2 rings (SSSR count). The summed E-state index contributed by atoms with van der Waals surface area (Å²) in [7, 11) is 0. The largest absolute Gasteiger partial charge is 0.632 e. The summed E-state index contributed by atoms with van der Waals surface area (Å²) in [6, 6.07) is 14.6. The number of carbonyl (C=O) groups excluding carboxylic acids is 1. The van der Waals surface area contributed by atoms with Gasteiger partial charge in [0.15, 0.2) is 0 Å². The Kier molecular flexibility index (Phi) is 7.96. The molecule has 5 nitrogen and oxygen atoms in total. The molecule has 1 aromatic heterocycles. The monoisotopic (exact) mass is 391 g/mol. The first-order valence-corrected chi connectivity index (χ1v) is 9.10. The van der Waals surface area contributed by atoms with Gasteiger partial charge in [0, 0.05) is 12.6 Å². The second-order valence-corrected chi connectivity index (χ2v) is 7.37. The van der Waals surface area contributed by atoms with Crippen LogP contribution in [0.25, 0.3) is 0 Å². The fourth-order valence-corrected chi connectivity index (χ4v) is 3.60. The normalized spacial score (nSPS) is 13.9. The number of quaternary nitrogens is 1. The van der Waals surface area contributed by atoms with Crippen molar-refractivity contribution in [3.63, 3.8) is 0 Å². The summed E-state index contributed by atoms with van der Waals surface area (Å²) >= 11 is 0. The first-order valence-electron chi connectivity index (χ1n) is 9.10. The molecule has 0 aliphatic heterocycles. The lowest BCUT2D eigenvalue weighted by Gasteiger charge is -2.51. The zero-order valence-corrected chi connectivity index (χ0v) is 17.3. The predicted molar refractivity (Wildman–Crippen MR) is 111 cm³/mol. The molecule has 6 heteroatoms. The maximum atomic E-state index is 13.4. The average Bonchev–Trinajstić information content (AvgIpc) is 2.63. The van der Waals surface area contributed by atoms with Gasteiger partial charge in [0.05, 0.1) is 24.3 Å². The number of halogens is 1. The fourth-order valence-electron chi connectivity index (χ4n) is 3.60. The smallest absolute Gasteiger partial charge is 0.234 e. The molecule has 0 aliphatic rings. The molecule has 0 bridgehead atoms. The van der Waals surface area contributed by atoms with Crippen LogP contribution in [0.2, 0.25) is 0 Å². The van der Waals surface area contributed by atoms with E-state index in [1.807, 2.05) is 70.2 Å². The van der Waals surface area contributed by atoms with Gasteiger partial charge >= 0.3 is 0 Å². The Morgan fingerprint density at radius 2 is 1.63 bits per heavy atom. The first-order chi connectivity index (χ1) is 12.2. The van der Waals surface area contributed by atoms with Crippen LogP contribution in [-0.4, -0.2) is 34.2 Å². The van der Waals surface area contributed by atoms with Crippen LogP contribution in [0.5, 0.6) is 0 Å². The lowest BCUT2D eigenvalue weighted by molar-refractivity contribution is -0.922. The number of rotatable bonds is 8. The number of aromatic nitrogens is 1. The number of hydrogen-bond donors (Lipinski definition) is 1. The van der Waals surface area contributed by atoms with Crippen molar-refractivity contribution in [2.75, 3.05) is 6.54 Å². The van der Waals surface area contributed by atoms with E-state index in [-0.39, 0.29) is 35.7 Å². The van der Waals surface area contributed by atoms with Crippen molar-refractivity contribution in [2.24, 2.45) is 5.73 Å². The van der Waals surface area contributed by atoms with Crippen LogP contribution in [0, 0.1) is 5.21 Å². The molecule has 1 aromatic carbocycles. The number of primary amides is 1. The Balaban J connectivity index is 0.00000364. The van der Waals surface area contributed by atoms with Crippen molar-refractivity contribution >= 4 is 18.3 Å². The highest BCUT2D eigenvalue weighted by Gasteiger charge is 2.44. The number of nitrogens with zero attached hydrogens (tertiary/aromatic N) is 2. The molecule has 1 unspecified atom stereocenters. The third kappa shape index (κ3) is 4.49. The van der Waals surface area contributed by atoms with E-state index in [0.717, 1.165) is 5.56 Å². The van der Waals surface area contributed by atoms with E-state index in [1.54, 1.807) is 12.3 Å². The molecule has 1 heterocycles. The van der Waals surface area contributed by atoms with E-state index < -0.39 is 11.3 Å². The minimum absolute atomic E-state index is 0. The Labute approximate surface area is 168 Å². The van der Waals surface area contributed by atoms with Gasteiger partial charge in [-0.1, -0.05) is 36.4 Å². The maximum Gasteiger partial charge on any atom is 0.234 e. The summed E-state index contributed by atoms with van der Waals surface area (Å²) in [4.78, 5) is 17.2. The standard InChI is InChI=1S/C21H29N3O2.ClH/c1-16(2)24(26,17(3)4)15-13-21(20(22)25,18-10-6-5-7-11-18)19-12-8-9-14-23-19;/h5-12,14,16-17H,13,15H2,1-4H3,(H2,22,25);1H. The van der Waals surface area contributed by atoms with Crippen molar-refractivity contribution in [3.05, 3.63) is 71.2 Å². The van der Waals surface area contributed by atoms with Crippen LogP contribution in [-0.2, 0) is 10.2 Å². The first kappa shape index (κ1) is 23.1. The number of hydroxylamine groups is 3. The molecular formula is C21H30ClN3O2. The fraction of sp³-hybridized carbons (Fsp3) is 0.429. The Morgan fingerprint density at radius 1 is 1.07 bits per heavy atom. The Hall–Kier alpha value is -1.95. The van der Waals surface area contributed by atoms with Gasteiger partial charge in [0.2, 0.25) is 5.91 Å². The molecule has 0 radical (unpaired) electrons. The van der Waals surface area contributed by atoms with E-state index >= 15 is 0 Å². The molecule has 0 fully saturated rings. The van der Waals surface area contributed by atoms with Gasteiger partial charge in [0.1, 0.15) is 5.41 Å². The molecule has 1 atom stereocenters. The SMILES string of the molecule is CC(C)[N+]([O-])(CCC(C(N)=O)(c1ccccc1)c1ccccn1)C(C)C.Cl. The number of benzene rings is 1. The molecule has 1 amide bonds. The van der Waals surface area contributed by atoms with Gasteiger partial charge in [-0.2, -0.15) is 0 Å². The third-order valence-electron chi connectivity index (χ3n) is 5.37. The average molecular weight is 392 g/mol. The summed E-state index contributed by atoms with van der Waals surface area (Å²) in [5.41, 5.74) is 6.15. The van der Waals surface area contributed by atoms with Crippen LogP contribution >= 0.6 is 12.4 Å². The van der Waals surface area contributed by atoms with E-state index in [0.29, 0.717) is 12.1 Å². The molecule has 2 N–H and O–H groups in total. The van der Waals surface area contributed by atoms with Gasteiger partial charge in [-0.25, -0.2) is 0 Å². The highest BCUT2D eigenvalue weighted by atomic mass is 35.5. The summed E-state index contributed by atoms with van der Waals surface area (Å²) < 4.78 is -0.380. The number of pyridine rings is 1. The topological polar surface area (TPSA) is 79.0 Å². The highest BCUT2D eigenvalue weighted by molar-refractivity contribution is 5.90. The lowest BCUT2D eigenvalue weighted by atomic mass is 9.73. The van der Waals surface area contributed by atoms with Crippen molar-refractivity contribution in [1.82, 2.24) is 4.98 Å². The predicted octanol–water partition coefficient (Wildman–Crippen LogP) is 3.80. The Morgan fingerprint density at radius 3 is 2.07 bits per heavy atom. The van der Waals surface area contributed by atoms with Crippen LogP contribution in [0.4, 0.5) is 0 Å². The van der Waals surface area contributed by atoms with Crippen LogP contribution in [0.15, 0.2) is 54.7 Å². The number of carbonyl (C=O) groups is 1. The summed E-state index contributed by atoms with van der Waals surface area (Å²) in [5.74, 6) is -0.485. The lowest BCUT2D eigenvalue weighted by Crippen LogP contribution is -2.56. The van der Waals surface area contributed by atoms with E-state index in [2.05, 4.69) is 4.98 Å². The van der Waals surface area contributed by atoms with Crippen molar-refractivity contribution in [2.45, 2.75) is 51.6 Å². The van der Waals surface area contributed by atoms with Gasteiger partial charge in [0.25, 0.3) is 0 Å². The van der Waals surface area contributed by atoms with Gasteiger partial charge in [-0.05, 0) is 45.4 Å². The molecule has 0 spiro atoms. The summed E-state index contributed by atoms with van der Waals surface area (Å²) in [5, 5.41) is 13.4. The van der Waals surface area contributed by atoms with Crippen molar-refractivity contribution in [3.8, 4) is 0 Å². The van der Waals surface area contributed by atoms with Crippen molar-refractivity contribution in [1.29, 1.82) is 0 Å². The second kappa shape index (κ2) is 9.31. The molecular weight excluding hydrogens is 362 g/mol. The van der Waals surface area contributed by atoms with Crippen LogP contribution < -0.4 is 5.73 Å². The molecule has 0 saturated heterocycles. The molecule has 148 valence electrons. The van der Waals surface area contributed by atoms with Gasteiger partial charge in [-0.15, -0.1) is 12.4 Å². The second-order valence-electron chi connectivity index (χ2n) is 7.37. The molecule has 0 saturated carbocycles. The molecule has 2 aromatic rings. The molecule has 27 heavy (non-hydrogen) atoms. The zero-order valence-electron chi connectivity index (χ0n) is 16.5. The minimum atomic E-state index is -1.12. The van der Waals surface area contributed by atoms with Crippen LogP contribution in [0.3, 0.4) is 0 Å². The van der Waals surface area contributed by atoms with Gasteiger partial charge in [-0.3, -0.25) is 9.78 Å². The minimum Gasteiger partial charge on any atom is -0.632 e. The number of amides is 1. The van der Waals surface area contributed by atoms with Crippen LogP contribution in [0.1, 0.15) is 45.4 Å². The quantitative estimate of drug-likeness (QED) is 0.549. The zero-order chi connectivity index (χ0) is 19.4. The highest BCUT2D eigenvalue weighted by Crippen LogP contribution is 2.36. The van der Waals surface area contributed by atoms with E-state index in [4.69, 9.17) is 5.73 Å². The number of nitrogens with two attached hydrogens (primary N) is 1. The van der Waals surface area contributed by atoms with E-state index in [9.17, 15) is 10.0 Å². The summed E-state index contributed by atoms with van der Waals surface area (Å²) in [6.45, 7) is 7.96. The third-order valence-corrected chi connectivity index (χ3v) is 5.37. The van der Waals surface area contributed by atoms with Gasteiger partial charge < -0.3 is 15.6 Å². The van der Waals surface area contributed by atoms with E-state index in [1.165, 1.54) is 0 Å². The molecule has 0 aliphatic carbocycles. The maximum absolute atomic E-state index is 13.4. The number of hydrogen-bond acceptors (Lipinski definition) is 3. The Bertz CT molecular complexity index is 673. The summed E-state index contributed by atoms with van der Waals surface area (Å²) in [6.07, 6.45) is 1.96.